The third-order valence-electron chi connectivity index (χ3n) is 3.54. The van der Waals surface area contributed by atoms with Crippen LogP contribution in [0.1, 0.15) is 0 Å². The molecule has 1 heterocycles. The normalized spacial score (nSPS) is 12.3. The van der Waals surface area contributed by atoms with E-state index < -0.39 is 11.7 Å². The summed E-state index contributed by atoms with van der Waals surface area (Å²) in [7, 11) is 1.51. The molecule has 1 aliphatic heterocycles. The van der Waals surface area contributed by atoms with Crippen LogP contribution in [0.25, 0.3) is 11.7 Å². The molecule has 1 aliphatic rings. The van der Waals surface area contributed by atoms with Gasteiger partial charge in [-0.2, -0.15) is 0 Å². The highest BCUT2D eigenvalue weighted by Crippen LogP contribution is 2.09. The molecule has 0 saturated heterocycles. The summed E-state index contributed by atoms with van der Waals surface area (Å²) in [4.78, 5) is 13.3. The van der Waals surface area contributed by atoms with E-state index >= 15 is 0 Å². The number of likely N-dealkylation sites (N-methyl/N-ethyl adjacent to an activating group) is 1. The first-order chi connectivity index (χ1) is 12.5. The Labute approximate surface area is 147 Å². The van der Waals surface area contributed by atoms with Gasteiger partial charge in [-0.05, 0) is 39.7 Å². The number of nitrogens with zero attached hydrogens (tertiary/aromatic N) is 5. The van der Waals surface area contributed by atoms with E-state index in [1.54, 1.807) is 30.3 Å². The summed E-state index contributed by atoms with van der Waals surface area (Å²) < 4.78 is 13.1. The monoisotopic (exact) mass is 353 g/mol. The van der Waals surface area contributed by atoms with Gasteiger partial charge >= 0.3 is 0 Å². The molecular weight excluding hydrogens is 339 g/mol. The van der Waals surface area contributed by atoms with Crippen molar-refractivity contribution in [3.05, 3.63) is 64.8 Å². The van der Waals surface area contributed by atoms with E-state index in [1.165, 1.54) is 30.1 Å². The highest BCUT2D eigenvalue weighted by atomic mass is 19.1. The Balaban J connectivity index is 1.72. The number of carbonyl (C=O) groups is 1. The van der Waals surface area contributed by atoms with E-state index in [0.29, 0.717) is 21.9 Å². The molecule has 2 aromatic carbocycles. The number of benzene rings is 2. The number of anilines is 1. The molecule has 132 valence electrons. The second-order valence-electron chi connectivity index (χ2n) is 5.50. The van der Waals surface area contributed by atoms with Gasteiger partial charge in [-0.15, -0.1) is 10.2 Å². The summed E-state index contributed by atoms with van der Waals surface area (Å²) in [6.45, 7) is -0.170. The highest BCUT2D eigenvalue weighted by molar-refractivity contribution is 5.92. The molecule has 0 fully saturated rings. The van der Waals surface area contributed by atoms with E-state index in [-0.39, 0.29) is 12.4 Å². The van der Waals surface area contributed by atoms with Crippen LogP contribution in [-0.4, -0.2) is 24.4 Å². The summed E-state index contributed by atoms with van der Waals surface area (Å²) in [6.07, 6.45) is 0. The third kappa shape index (κ3) is 4.07. The Morgan fingerprint density at radius 3 is 2.50 bits per heavy atom. The lowest BCUT2D eigenvalue weighted by molar-refractivity contribution is -0.270. The molecule has 0 bridgehead atoms. The standard InChI is InChI=1S/C17H15FN6O2/c1-24(10-15(25)19-14-4-2-3-13(18)9-14)17(26)12-7-5-11(6-8-12)16-20-22-23-21-16/h2-9,26H,10H2,1H3,(H,19,25)/p-1. The molecule has 2 aromatic rings. The average molecular weight is 353 g/mol. The van der Waals surface area contributed by atoms with Gasteiger partial charge in [-0.1, -0.05) is 30.3 Å². The summed E-state index contributed by atoms with van der Waals surface area (Å²) in [6, 6.07) is 12.1. The molecule has 9 heteroatoms. The quantitative estimate of drug-likeness (QED) is 0.875. The maximum absolute atomic E-state index is 13.1. The molecule has 3 rings (SSSR count). The average Bonchev–Trinajstić information content (AvgIpc) is 3.15. The summed E-state index contributed by atoms with van der Waals surface area (Å²) in [5.41, 5.74) is 0.331. The highest BCUT2D eigenvalue weighted by Gasteiger charge is 2.06. The van der Waals surface area contributed by atoms with Crippen LogP contribution < -0.4 is 20.9 Å². The van der Waals surface area contributed by atoms with Crippen LogP contribution in [-0.2, 0) is 4.79 Å². The first-order valence-corrected chi connectivity index (χ1v) is 7.63. The smallest absolute Gasteiger partial charge is 0.243 e. The lowest BCUT2D eigenvalue weighted by Gasteiger charge is -2.26. The van der Waals surface area contributed by atoms with Crippen LogP contribution >= 0.6 is 0 Å². The number of hydrogen-bond acceptors (Lipinski definition) is 7. The van der Waals surface area contributed by atoms with Gasteiger partial charge in [0.25, 0.3) is 0 Å². The lowest BCUT2D eigenvalue weighted by atomic mass is 10.2. The lowest BCUT2D eigenvalue weighted by Crippen LogP contribution is -2.37. The number of nitrogens with one attached hydrogen (secondary N) is 1. The Morgan fingerprint density at radius 1 is 1.15 bits per heavy atom. The summed E-state index contributed by atoms with van der Waals surface area (Å²) in [5, 5.41) is 30.3. The van der Waals surface area contributed by atoms with Gasteiger partial charge in [-0.25, -0.2) is 4.39 Å². The van der Waals surface area contributed by atoms with Crippen molar-refractivity contribution in [3.8, 4) is 0 Å². The molecule has 0 aliphatic carbocycles. The van der Waals surface area contributed by atoms with Gasteiger partial charge in [0.15, 0.2) is 0 Å². The third-order valence-corrected chi connectivity index (χ3v) is 3.54. The Hall–Kier alpha value is -3.62. The van der Waals surface area contributed by atoms with Gasteiger partial charge in [0.1, 0.15) is 5.82 Å². The van der Waals surface area contributed by atoms with Crippen molar-refractivity contribution < 1.29 is 14.3 Å². The van der Waals surface area contributed by atoms with Gasteiger partial charge in [0, 0.05) is 18.0 Å². The van der Waals surface area contributed by atoms with E-state index in [4.69, 9.17) is 0 Å². The van der Waals surface area contributed by atoms with Crippen LogP contribution in [0.5, 0.6) is 0 Å². The van der Waals surface area contributed by atoms with E-state index in [2.05, 4.69) is 26.0 Å². The second kappa shape index (κ2) is 7.51. The fourth-order valence-corrected chi connectivity index (χ4v) is 2.30. The van der Waals surface area contributed by atoms with Crippen molar-refractivity contribution in [2.24, 2.45) is 20.7 Å². The Morgan fingerprint density at radius 2 is 1.85 bits per heavy atom. The fraction of sp³-hybridized carbons (Fsp3) is 0.118. The predicted octanol–water partition coefficient (Wildman–Crippen LogP) is 0.721. The van der Waals surface area contributed by atoms with E-state index in [0.717, 1.165) is 0 Å². The maximum atomic E-state index is 13.1. The van der Waals surface area contributed by atoms with E-state index in [9.17, 15) is 14.3 Å². The zero-order chi connectivity index (χ0) is 18.5. The molecular formula is C17H14FN6O2-. The Kier molecular flexibility index (Phi) is 4.97. The molecule has 0 atom stereocenters. The predicted molar refractivity (Wildman–Crippen MR) is 89.9 cm³/mol. The first kappa shape index (κ1) is 17.2. The SMILES string of the molecule is CN(CC(=O)Nc1cccc(F)c1)C([O-])=c1ccc(=C2N=NN=N2)cc1. The molecule has 1 N–H and O–H groups in total. The summed E-state index contributed by atoms with van der Waals surface area (Å²) >= 11 is 0. The molecule has 0 saturated carbocycles. The van der Waals surface area contributed by atoms with Crippen LogP contribution in [0, 0.1) is 5.82 Å². The number of halogens is 1. The molecule has 0 radical (unpaired) electrons. The second-order valence-corrected chi connectivity index (χ2v) is 5.50. The molecule has 0 spiro atoms. The van der Waals surface area contributed by atoms with Crippen LogP contribution in [0.2, 0.25) is 0 Å². The number of rotatable bonds is 4. The number of carbonyl (C=O) groups excluding carboxylic acids is 1. The van der Waals surface area contributed by atoms with Crippen molar-refractivity contribution in [2.75, 3.05) is 18.9 Å². The van der Waals surface area contributed by atoms with Crippen molar-refractivity contribution in [3.63, 3.8) is 0 Å². The maximum Gasteiger partial charge on any atom is 0.243 e. The van der Waals surface area contributed by atoms with Crippen LogP contribution in [0.4, 0.5) is 10.1 Å². The minimum atomic E-state index is -0.452. The largest absolute Gasteiger partial charge is 0.860 e. The minimum absolute atomic E-state index is 0.170. The van der Waals surface area contributed by atoms with Gasteiger partial charge in [0.2, 0.25) is 11.7 Å². The van der Waals surface area contributed by atoms with Gasteiger partial charge < -0.3 is 15.3 Å². The van der Waals surface area contributed by atoms with Crippen molar-refractivity contribution in [2.45, 2.75) is 0 Å². The topological polar surface area (TPSA) is 105 Å². The van der Waals surface area contributed by atoms with Gasteiger partial charge in [0.05, 0.1) is 6.54 Å². The van der Waals surface area contributed by atoms with Crippen molar-refractivity contribution in [1.82, 2.24) is 4.90 Å². The minimum Gasteiger partial charge on any atom is -0.860 e. The molecule has 8 nitrogen and oxygen atoms in total. The fourth-order valence-electron chi connectivity index (χ4n) is 2.30. The molecule has 0 unspecified atom stereocenters. The molecule has 0 aromatic heterocycles. The Bertz CT molecular complexity index is 981. The summed E-state index contributed by atoms with van der Waals surface area (Å²) in [5.74, 6) is -0.839. The first-order valence-electron chi connectivity index (χ1n) is 7.63. The van der Waals surface area contributed by atoms with Gasteiger partial charge in [-0.3, -0.25) is 4.79 Å². The number of amides is 1. The molecule has 1 amide bonds. The zero-order valence-electron chi connectivity index (χ0n) is 13.8. The number of hydrogen-bond donors (Lipinski definition) is 1. The van der Waals surface area contributed by atoms with Crippen molar-refractivity contribution in [1.29, 1.82) is 0 Å². The van der Waals surface area contributed by atoms with E-state index in [1.807, 2.05) is 0 Å². The van der Waals surface area contributed by atoms with Crippen LogP contribution in [0.15, 0.2) is 69.2 Å². The van der Waals surface area contributed by atoms with Crippen LogP contribution in [0.3, 0.4) is 0 Å². The van der Waals surface area contributed by atoms with Crippen molar-refractivity contribution >= 4 is 23.3 Å². The zero-order valence-corrected chi connectivity index (χ0v) is 13.8. The molecule has 26 heavy (non-hydrogen) atoms.